The molecular formula is C22H21BrClN5OS. The van der Waals surface area contributed by atoms with E-state index in [1.165, 1.54) is 4.88 Å². The molecule has 0 fully saturated rings. The maximum Gasteiger partial charge on any atom is 0.250 e. The van der Waals surface area contributed by atoms with Crippen LogP contribution in [0.15, 0.2) is 52.1 Å². The zero-order valence-corrected chi connectivity index (χ0v) is 20.0. The van der Waals surface area contributed by atoms with E-state index in [1.807, 2.05) is 12.1 Å². The number of nitrogens with one attached hydrogen (secondary N) is 2. The number of hydrogen-bond donors (Lipinski definition) is 2. The van der Waals surface area contributed by atoms with E-state index < -0.39 is 0 Å². The van der Waals surface area contributed by atoms with Crippen molar-refractivity contribution < 1.29 is 4.79 Å². The third-order valence-corrected chi connectivity index (χ3v) is 6.61. The molecule has 0 bridgehead atoms. The highest BCUT2D eigenvalue weighted by Gasteiger charge is 2.26. The molecule has 1 unspecified atom stereocenters. The first-order valence-electron chi connectivity index (χ1n) is 9.97. The fourth-order valence-corrected chi connectivity index (χ4v) is 4.55. The monoisotopic (exact) mass is 517 g/mol. The minimum atomic E-state index is -0.350. The molecule has 0 radical (unpaired) electrons. The van der Waals surface area contributed by atoms with Crippen molar-refractivity contribution in [2.24, 2.45) is 4.99 Å². The highest BCUT2D eigenvalue weighted by Crippen LogP contribution is 2.31. The molecule has 160 valence electrons. The summed E-state index contributed by atoms with van der Waals surface area (Å²) in [6, 6.07) is 11.3. The Morgan fingerprint density at radius 2 is 1.94 bits per heavy atom. The molecule has 0 spiro atoms. The molecule has 2 N–H and O–H groups in total. The van der Waals surface area contributed by atoms with Gasteiger partial charge < -0.3 is 10.6 Å². The lowest BCUT2D eigenvalue weighted by Gasteiger charge is -2.05. The van der Waals surface area contributed by atoms with Gasteiger partial charge in [-0.15, -0.1) is 11.3 Å². The molecule has 1 aromatic carbocycles. The number of pyridine rings is 1. The maximum atomic E-state index is 12.2. The van der Waals surface area contributed by atoms with Gasteiger partial charge in [-0.3, -0.25) is 9.79 Å². The first-order valence-corrected chi connectivity index (χ1v) is 12.0. The first kappa shape index (κ1) is 21.9. The van der Waals surface area contributed by atoms with Gasteiger partial charge in [-0.1, -0.05) is 39.7 Å². The van der Waals surface area contributed by atoms with Crippen LogP contribution in [0, 0.1) is 6.92 Å². The van der Waals surface area contributed by atoms with Crippen molar-refractivity contribution in [3.63, 3.8) is 0 Å². The van der Waals surface area contributed by atoms with Gasteiger partial charge in [0.05, 0.1) is 5.69 Å². The van der Waals surface area contributed by atoms with Crippen LogP contribution in [-0.2, 0) is 4.79 Å². The van der Waals surface area contributed by atoms with Gasteiger partial charge in [0, 0.05) is 33.2 Å². The third-order valence-electron chi connectivity index (χ3n) is 4.92. The second-order valence-electron chi connectivity index (χ2n) is 7.21. The van der Waals surface area contributed by atoms with E-state index in [9.17, 15) is 4.79 Å². The molecule has 9 heteroatoms. The number of unbranched alkanes of at least 4 members (excludes halogenated alkanes) is 1. The second-order valence-corrected chi connectivity index (χ2v) is 9.71. The molecule has 2 aromatic heterocycles. The molecule has 6 nitrogen and oxygen atoms in total. The van der Waals surface area contributed by atoms with Crippen LogP contribution in [0.3, 0.4) is 0 Å². The summed E-state index contributed by atoms with van der Waals surface area (Å²) in [4.78, 5) is 26.7. The summed E-state index contributed by atoms with van der Waals surface area (Å²) in [5.74, 6) is 0.503. The van der Waals surface area contributed by atoms with E-state index in [-0.39, 0.29) is 11.9 Å². The fourth-order valence-electron chi connectivity index (χ4n) is 3.31. The number of carbonyl (C=O) groups excluding carboxylic acids is 1. The number of carbonyl (C=O) groups is 1. The molecule has 0 aliphatic carbocycles. The van der Waals surface area contributed by atoms with Crippen LogP contribution < -0.4 is 10.6 Å². The summed E-state index contributed by atoms with van der Waals surface area (Å²) in [6.07, 6.45) is 4.15. The molecule has 3 aromatic rings. The van der Waals surface area contributed by atoms with Crippen LogP contribution in [0.1, 0.15) is 29.7 Å². The van der Waals surface area contributed by atoms with E-state index in [4.69, 9.17) is 16.6 Å². The van der Waals surface area contributed by atoms with Crippen LogP contribution in [0.2, 0.25) is 5.15 Å². The zero-order valence-electron chi connectivity index (χ0n) is 16.9. The van der Waals surface area contributed by atoms with Crippen LogP contribution in [0.25, 0.3) is 11.3 Å². The topological polar surface area (TPSA) is 79.3 Å². The summed E-state index contributed by atoms with van der Waals surface area (Å²) < 4.78 is 1.06. The third kappa shape index (κ3) is 5.50. The number of anilines is 1. The van der Waals surface area contributed by atoms with Gasteiger partial charge in [-0.25, -0.2) is 9.97 Å². The van der Waals surface area contributed by atoms with Gasteiger partial charge in [0.2, 0.25) is 5.91 Å². The van der Waals surface area contributed by atoms with Gasteiger partial charge >= 0.3 is 0 Å². The molecule has 0 saturated heterocycles. The van der Waals surface area contributed by atoms with Crippen LogP contribution in [0.5, 0.6) is 0 Å². The minimum Gasteiger partial charge on any atom is -0.361 e. The van der Waals surface area contributed by atoms with Crippen LogP contribution in [-0.4, -0.2) is 34.3 Å². The summed E-state index contributed by atoms with van der Waals surface area (Å²) in [6.45, 7) is 2.89. The van der Waals surface area contributed by atoms with Crippen molar-refractivity contribution in [2.45, 2.75) is 32.2 Å². The lowest BCUT2D eigenvalue weighted by Crippen LogP contribution is -2.29. The standard InChI is InChI=1S/C22H21BrClN5OS/c1-13-19(14-5-8-16(23)9-6-14)28-22(31-13)25-11-3-2-4-17-21(30)29-20(27-17)15-7-10-18(24)26-12-15/h5-10,12,17H,2-4,11H2,1H3,(H,25,28)(H,27,29,30). The van der Waals surface area contributed by atoms with Crippen LogP contribution >= 0.6 is 38.9 Å². The number of nitrogens with zero attached hydrogens (tertiary/aromatic N) is 3. The van der Waals surface area contributed by atoms with E-state index in [1.54, 1.807) is 29.7 Å². The average molecular weight is 519 g/mol. The smallest absolute Gasteiger partial charge is 0.250 e. The number of aryl methyl sites for hydroxylation is 1. The molecule has 1 aliphatic heterocycles. The lowest BCUT2D eigenvalue weighted by molar-refractivity contribution is -0.120. The molecule has 1 aliphatic rings. The number of amides is 1. The quantitative estimate of drug-likeness (QED) is 0.307. The Kier molecular flexibility index (Phi) is 6.99. The lowest BCUT2D eigenvalue weighted by atomic mass is 10.1. The Hall–Kier alpha value is -2.29. The Morgan fingerprint density at radius 3 is 2.68 bits per heavy atom. The number of aromatic nitrogens is 2. The first-order chi connectivity index (χ1) is 15.0. The summed E-state index contributed by atoms with van der Waals surface area (Å²) in [5.41, 5.74) is 2.89. The largest absolute Gasteiger partial charge is 0.361 e. The normalized spacial score (nSPS) is 15.6. The summed E-state index contributed by atoms with van der Waals surface area (Å²) >= 11 is 10.9. The van der Waals surface area contributed by atoms with Gasteiger partial charge in [-0.2, -0.15) is 0 Å². The highest BCUT2D eigenvalue weighted by molar-refractivity contribution is 9.10. The van der Waals surface area contributed by atoms with Crippen molar-refractivity contribution in [1.29, 1.82) is 0 Å². The predicted octanol–water partition coefficient (Wildman–Crippen LogP) is 5.46. The van der Waals surface area contributed by atoms with Crippen molar-refractivity contribution in [3.8, 4) is 11.3 Å². The van der Waals surface area contributed by atoms with Gasteiger partial charge in [0.25, 0.3) is 0 Å². The van der Waals surface area contributed by atoms with E-state index in [2.05, 4.69) is 55.6 Å². The van der Waals surface area contributed by atoms with Crippen molar-refractivity contribution in [3.05, 3.63) is 62.7 Å². The number of thiazole rings is 1. The Morgan fingerprint density at radius 1 is 1.16 bits per heavy atom. The second kappa shape index (κ2) is 9.89. The van der Waals surface area contributed by atoms with Gasteiger partial charge in [0.1, 0.15) is 17.0 Å². The van der Waals surface area contributed by atoms with E-state index in [0.29, 0.717) is 17.4 Å². The summed E-state index contributed by atoms with van der Waals surface area (Å²) in [5, 5.41) is 7.57. The van der Waals surface area contributed by atoms with Gasteiger partial charge in [-0.05, 0) is 50.5 Å². The zero-order chi connectivity index (χ0) is 21.8. The average Bonchev–Trinajstić information content (AvgIpc) is 3.31. The van der Waals surface area contributed by atoms with E-state index in [0.717, 1.165) is 45.8 Å². The Labute approximate surface area is 198 Å². The fraction of sp³-hybridized carbons (Fsp3) is 0.273. The summed E-state index contributed by atoms with van der Waals surface area (Å²) in [7, 11) is 0. The predicted molar refractivity (Wildman–Crippen MR) is 130 cm³/mol. The van der Waals surface area contributed by atoms with Gasteiger partial charge in [0.15, 0.2) is 5.13 Å². The van der Waals surface area contributed by atoms with Crippen LogP contribution in [0.4, 0.5) is 5.13 Å². The molecule has 4 rings (SSSR count). The maximum absolute atomic E-state index is 12.2. The molecule has 1 atom stereocenters. The highest BCUT2D eigenvalue weighted by atomic mass is 79.9. The molecule has 3 heterocycles. The molecule has 0 saturated carbocycles. The Balaban J connectivity index is 1.25. The number of rotatable bonds is 8. The number of benzene rings is 1. The number of hydrogen-bond acceptors (Lipinski definition) is 6. The SMILES string of the molecule is Cc1sc(NCCCCC2N=C(c3ccc(Cl)nc3)NC2=O)nc1-c1ccc(Br)cc1. The molecule has 1 amide bonds. The van der Waals surface area contributed by atoms with Crippen molar-refractivity contribution in [2.75, 3.05) is 11.9 Å². The Bertz CT molecular complexity index is 1100. The van der Waals surface area contributed by atoms with Crippen molar-refractivity contribution in [1.82, 2.24) is 15.3 Å². The number of aliphatic imine (C=N–C) groups is 1. The number of amidine groups is 1. The van der Waals surface area contributed by atoms with Crippen molar-refractivity contribution >= 4 is 55.7 Å². The molecule has 31 heavy (non-hydrogen) atoms. The number of halogens is 2. The minimum absolute atomic E-state index is 0.0624. The van der Waals surface area contributed by atoms with E-state index >= 15 is 0 Å². The molecular weight excluding hydrogens is 498 g/mol.